The molecule has 2 aliphatic heterocycles. The molecular formula is C20H30BrN3. The van der Waals surface area contributed by atoms with E-state index in [9.17, 15) is 0 Å². The predicted molar refractivity (Wildman–Crippen MR) is 103 cm³/mol. The molecule has 2 fully saturated rings. The molecule has 1 unspecified atom stereocenters. The maximum Gasteiger partial charge on any atom is 0.0357 e. The fourth-order valence-electron chi connectivity index (χ4n) is 5.11. The average molecular weight is 392 g/mol. The van der Waals surface area contributed by atoms with Gasteiger partial charge in [0.2, 0.25) is 0 Å². The Balaban J connectivity index is 1.47. The van der Waals surface area contributed by atoms with Crippen LogP contribution in [0.15, 0.2) is 22.7 Å². The van der Waals surface area contributed by atoms with E-state index in [1.165, 1.54) is 62.9 Å². The second-order valence-corrected chi connectivity index (χ2v) is 9.09. The molecule has 0 radical (unpaired) electrons. The van der Waals surface area contributed by atoms with Crippen molar-refractivity contribution < 1.29 is 0 Å². The summed E-state index contributed by atoms with van der Waals surface area (Å²) in [7, 11) is 0. The van der Waals surface area contributed by atoms with E-state index in [4.69, 9.17) is 0 Å². The molecule has 2 saturated heterocycles. The van der Waals surface area contributed by atoms with E-state index < -0.39 is 0 Å². The van der Waals surface area contributed by atoms with Crippen molar-refractivity contribution in [2.45, 2.75) is 57.2 Å². The smallest absolute Gasteiger partial charge is 0.0357 e. The zero-order chi connectivity index (χ0) is 16.7. The monoisotopic (exact) mass is 391 g/mol. The molecule has 2 atom stereocenters. The van der Waals surface area contributed by atoms with Gasteiger partial charge in [-0.25, -0.2) is 0 Å². The molecule has 4 rings (SSSR count). The van der Waals surface area contributed by atoms with Gasteiger partial charge in [-0.2, -0.15) is 0 Å². The Kier molecular flexibility index (Phi) is 4.76. The molecule has 2 heterocycles. The van der Waals surface area contributed by atoms with Gasteiger partial charge in [-0.3, -0.25) is 9.80 Å². The zero-order valence-corrected chi connectivity index (χ0v) is 16.6. The van der Waals surface area contributed by atoms with Crippen LogP contribution in [0.4, 0.5) is 0 Å². The lowest BCUT2D eigenvalue weighted by atomic mass is 9.87. The largest absolute Gasteiger partial charge is 0.317 e. The molecule has 1 aromatic rings. The van der Waals surface area contributed by atoms with Crippen molar-refractivity contribution in [3.8, 4) is 0 Å². The van der Waals surface area contributed by atoms with Crippen LogP contribution in [0.25, 0.3) is 0 Å². The maximum absolute atomic E-state index is 3.63. The number of piperazine rings is 1. The summed E-state index contributed by atoms with van der Waals surface area (Å²) < 4.78 is 1.22. The quantitative estimate of drug-likeness (QED) is 0.830. The van der Waals surface area contributed by atoms with Crippen molar-refractivity contribution in [2.75, 3.05) is 32.7 Å². The van der Waals surface area contributed by atoms with Crippen LogP contribution in [0.2, 0.25) is 0 Å². The summed E-state index contributed by atoms with van der Waals surface area (Å²) in [5, 5.41) is 3.52. The minimum atomic E-state index is 0.407. The third kappa shape index (κ3) is 3.07. The van der Waals surface area contributed by atoms with Crippen LogP contribution in [-0.4, -0.2) is 54.1 Å². The van der Waals surface area contributed by atoms with Gasteiger partial charge in [0, 0.05) is 41.7 Å². The van der Waals surface area contributed by atoms with E-state index in [1.807, 2.05) is 0 Å². The predicted octanol–water partition coefficient (Wildman–Crippen LogP) is 3.58. The molecule has 4 heteroatoms. The molecule has 1 aliphatic carbocycles. The lowest BCUT2D eigenvalue weighted by Gasteiger charge is -2.51. The first-order valence-electron chi connectivity index (χ1n) is 9.57. The standard InChI is InChI=1S/C20H30BrN3/c1-15-14-23(20(2)7-9-22-10-8-20)11-12-24(15)19-6-3-16-13-17(21)4-5-18(16)19/h4-5,13,15,19,22H,3,6-12,14H2,1-2H3/t15-,19?/m0/s1. The summed E-state index contributed by atoms with van der Waals surface area (Å²) in [6.45, 7) is 10.9. The van der Waals surface area contributed by atoms with Crippen molar-refractivity contribution in [1.29, 1.82) is 0 Å². The van der Waals surface area contributed by atoms with Crippen LogP contribution in [0.5, 0.6) is 0 Å². The highest BCUT2D eigenvalue weighted by atomic mass is 79.9. The molecular weight excluding hydrogens is 362 g/mol. The van der Waals surface area contributed by atoms with E-state index in [2.05, 4.69) is 63.1 Å². The van der Waals surface area contributed by atoms with Crippen molar-refractivity contribution in [3.63, 3.8) is 0 Å². The van der Waals surface area contributed by atoms with Gasteiger partial charge < -0.3 is 5.32 Å². The van der Waals surface area contributed by atoms with Crippen LogP contribution >= 0.6 is 15.9 Å². The van der Waals surface area contributed by atoms with Gasteiger partial charge in [0.05, 0.1) is 0 Å². The van der Waals surface area contributed by atoms with Gasteiger partial charge in [0.25, 0.3) is 0 Å². The number of halogens is 1. The summed E-state index contributed by atoms with van der Waals surface area (Å²) >= 11 is 3.63. The second-order valence-electron chi connectivity index (χ2n) is 8.18. The molecule has 24 heavy (non-hydrogen) atoms. The summed E-state index contributed by atoms with van der Waals surface area (Å²) in [4.78, 5) is 5.56. The van der Waals surface area contributed by atoms with Crippen LogP contribution in [0.1, 0.15) is 50.3 Å². The van der Waals surface area contributed by atoms with Gasteiger partial charge in [-0.1, -0.05) is 22.0 Å². The fraction of sp³-hybridized carbons (Fsp3) is 0.700. The van der Waals surface area contributed by atoms with Crippen LogP contribution in [-0.2, 0) is 6.42 Å². The van der Waals surface area contributed by atoms with Gasteiger partial charge >= 0.3 is 0 Å². The lowest BCUT2D eigenvalue weighted by Crippen LogP contribution is -2.61. The molecule has 1 N–H and O–H groups in total. The maximum atomic E-state index is 3.63. The Morgan fingerprint density at radius 1 is 1.21 bits per heavy atom. The number of piperidine rings is 1. The molecule has 0 spiro atoms. The Morgan fingerprint density at radius 3 is 2.75 bits per heavy atom. The second kappa shape index (κ2) is 6.71. The molecule has 0 saturated carbocycles. The van der Waals surface area contributed by atoms with Crippen molar-refractivity contribution in [3.05, 3.63) is 33.8 Å². The third-order valence-electron chi connectivity index (χ3n) is 6.67. The molecule has 0 aromatic heterocycles. The van der Waals surface area contributed by atoms with Crippen LogP contribution in [0.3, 0.4) is 0 Å². The summed E-state index contributed by atoms with van der Waals surface area (Å²) in [6.07, 6.45) is 5.10. The Bertz CT molecular complexity index is 597. The highest BCUT2D eigenvalue weighted by Crippen LogP contribution is 2.39. The Hall–Kier alpha value is -0.420. The minimum Gasteiger partial charge on any atom is -0.317 e. The fourth-order valence-corrected chi connectivity index (χ4v) is 5.52. The first-order valence-corrected chi connectivity index (χ1v) is 10.4. The number of benzene rings is 1. The Labute approximate surface area is 154 Å². The van der Waals surface area contributed by atoms with Crippen LogP contribution in [0, 0.1) is 0 Å². The van der Waals surface area contributed by atoms with E-state index in [0.29, 0.717) is 17.6 Å². The number of hydrogen-bond acceptors (Lipinski definition) is 3. The van der Waals surface area contributed by atoms with Crippen LogP contribution < -0.4 is 5.32 Å². The van der Waals surface area contributed by atoms with E-state index in [1.54, 1.807) is 11.1 Å². The molecule has 3 nitrogen and oxygen atoms in total. The summed E-state index contributed by atoms with van der Waals surface area (Å²) in [5.74, 6) is 0. The minimum absolute atomic E-state index is 0.407. The number of hydrogen-bond donors (Lipinski definition) is 1. The van der Waals surface area contributed by atoms with E-state index in [-0.39, 0.29) is 0 Å². The highest BCUT2D eigenvalue weighted by Gasteiger charge is 2.40. The molecule has 0 amide bonds. The Morgan fingerprint density at radius 2 is 2.00 bits per heavy atom. The first kappa shape index (κ1) is 17.0. The number of nitrogens with one attached hydrogen (secondary N) is 1. The number of rotatable bonds is 2. The molecule has 132 valence electrons. The van der Waals surface area contributed by atoms with Crippen molar-refractivity contribution >= 4 is 15.9 Å². The summed E-state index contributed by atoms with van der Waals surface area (Å²) in [6, 6.07) is 8.17. The normalized spacial score (nSPS) is 31.1. The molecule has 3 aliphatic rings. The summed E-state index contributed by atoms with van der Waals surface area (Å²) in [5.41, 5.74) is 3.53. The topological polar surface area (TPSA) is 18.5 Å². The van der Waals surface area contributed by atoms with Gasteiger partial charge in [-0.15, -0.1) is 0 Å². The SMILES string of the molecule is C[C@H]1CN(C2(C)CCNCC2)CCN1C1CCc2cc(Br)ccc21. The molecule has 1 aromatic carbocycles. The lowest BCUT2D eigenvalue weighted by molar-refractivity contribution is -0.0184. The van der Waals surface area contributed by atoms with Crippen molar-refractivity contribution in [1.82, 2.24) is 15.1 Å². The number of aryl methyl sites for hydroxylation is 1. The highest BCUT2D eigenvalue weighted by molar-refractivity contribution is 9.10. The van der Waals surface area contributed by atoms with Gasteiger partial charge in [0.15, 0.2) is 0 Å². The third-order valence-corrected chi connectivity index (χ3v) is 7.17. The van der Waals surface area contributed by atoms with E-state index in [0.717, 1.165) is 0 Å². The van der Waals surface area contributed by atoms with Gasteiger partial charge in [0.1, 0.15) is 0 Å². The zero-order valence-electron chi connectivity index (χ0n) is 15.0. The van der Waals surface area contributed by atoms with E-state index >= 15 is 0 Å². The number of fused-ring (bicyclic) bond motifs is 1. The average Bonchev–Trinajstić information content (AvgIpc) is 2.98. The first-order chi connectivity index (χ1) is 11.6. The van der Waals surface area contributed by atoms with Gasteiger partial charge in [-0.05, 0) is 75.9 Å². The van der Waals surface area contributed by atoms with Crippen molar-refractivity contribution in [2.24, 2.45) is 0 Å². The molecule has 0 bridgehead atoms. The number of nitrogens with zero attached hydrogens (tertiary/aromatic N) is 2.